The number of terminal acetylenes is 1. The van der Waals surface area contributed by atoms with Gasteiger partial charge in [-0.2, -0.15) is 4.72 Å². The lowest BCUT2D eigenvalue weighted by atomic mass is 10.0. The van der Waals surface area contributed by atoms with E-state index in [1.54, 1.807) is 0 Å². The third-order valence-corrected chi connectivity index (χ3v) is 6.46. The molecule has 1 atom stereocenters. The van der Waals surface area contributed by atoms with Crippen molar-refractivity contribution in [3.05, 3.63) is 29.8 Å². The summed E-state index contributed by atoms with van der Waals surface area (Å²) < 4.78 is 26.4. The largest absolute Gasteiger partial charge is 0.350 e. The number of nitrogens with zero attached hydrogens (tertiary/aromatic N) is 2. The second kappa shape index (κ2) is 10.0. The summed E-state index contributed by atoms with van der Waals surface area (Å²) in [6, 6.07) is 6.12. The Balaban J connectivity index is 1.97. The summed E-state index contributed by atoms with van der Waals surface area (Å²) in [5, 5.41) is 3.00. The second-order valence-electron chi connectivity index (χ2n) is 7.41. The van der Waals surface area contributed by atoms with Crippen LogP contribution in [0.2, 0.25) is 0 Å². The number of carbonyl (C=O) groups excluding carboxylic acids is 1. The lowest BCUT2D eigenvalue weighted by molar-refractivity contribution is 0.0791. The fourth-order valence-corrected chi connectivity index (χ4v) is 4.18. The van der Waals surface area contributed by atoms with Crippen LogP contribution >= 0.6 is 0 Å². The van der Waals surface area contributed by atoms with Gasteiger partial charge in [0.1, 0.15) is 0 Å². The third-order valence-electron chi connectivity index (χ3n) is 5.04. The van der Waals surface area contributed by atoms with Crippen molar-refractivity contribution in [2.75, 3.05) is 46.3 Å². The van der Waals surface area contributed by atoms with Crippen molar-refractivity contribution in [1.29, 1.82) is 0 Å². The monoisotopic (exact) mass is 406 g/mol. The van der Waals surface area contributed by atoms with Crippen LogP contribution in [0.25, 0.3) is 0 Å². The molecule has 28 heavy (non-hydrogen) atoms. The summed E-state index contributed by atoms with van der Waals surface area (Å²) in [5.74, 6) is 2.44. The first-order chi connectivity index (χ1) is 13.2. The maximum Gasteiger partial charge on any atom is 0.251 e. The van der Waals surface area contributed by atoms with Crippen molar-refractivity contribution in [3.8, 4) is 12.3 Å². The van der Waals surface area contributed by atoms with Gasteiger partial charge in [0.05, 0.1) is 11.4 Å². The molecule has 1 aliphatic heterocycles. The van der Waals surface area contributed by atoms with Gasteiger partial charge in [0.2, 0.25) is 10.0 Å². The standard InChI is InChI=1S/C20H30N4O3S/c1-5-10-22-28(26,27)18-8-6-17(7-9-18)20(25)21-15-19(16(2)3)24-13-11-23(4)12-14-24/h1,6-9,16,19,22H,10-15H2,2-4H3,(H,21,25). The number of rotatable bonds is 8. The number of likely N-dealkylation sites (N-methyl/N-ethyl adjacent to an activating group) is 1. The number of sulfonamides is 1. The maximum atomic E-state index is 12.5. The van der Waals surface area contributed by atoms with Gasteiger partial charge in [-0.1, -0.05) is 19.8 Å². The summed E-state index contributed by atoms with van der Waals surface area (Å²) in [6.45, 7) is 8.86. The molecule has 1 heterocycles. The molecule has 1 aliphatic rings. The van der Waals surface area contributed by atoms with Crippen molar-refractivity contribution in [1.82, 2.24) is 19.8 Å². The minimum absolute atomic E-state index is 0.0759. The summed E-state index contributed by atoms with van der Waals surface area (Å²) in [6.07, 6.45) is 5.08. The van der Waals surface area contributed by atoms with Gasteiger partial charge in [-0.05, 0) is 37.2 Å². The topological polar surface area (TPSA) is 81.7 Å². The van der Waals surface area contributed by atoms with Crippen molar-refractivity contribution in [3.63, 3.8) is 0 Å². The van der Waals surface area contributed by atoms with E-state index >= 15 is 0 Å². The number of hydrogen-bond acceptors (Lipinski definition) is 5. The molecule has 1 unspecified atom stereocenters. The second-order valence-corrected chi connectivity index (χ2v) is 9.18. The summed E-state index contributed by atoms with van der Waals surface area (Å²) in [4.78, 5) is 17.3. The van der Waals surface area contributed by atoms with Crippen molar-refractivity contribution in [2.24, 2.45) is 5.92 Å². The zero-order valence-electron chi connectivity index (χ0n) is 16.8. The lowest BCUT2D eigenvalue weighted by Crippen LogP contribution is -2.54. The summed E-state index contributed by atoms with van der Waals surface area (Å²) in [7, 11) is -1.54. The molecular weight excluding hydrogens is 376 g/mol. The van der Waals surface area contributed by atoms with Crippen LogP contribution in [0.4, 0.5) is 0 Å². The van der Waals surface area contributed by atoms with Crippen molar-refractivity contribution in [2.45, 2.75) is 24.8 Å². The molecule has 0 spiro atoms. The minimum Gasteiger partial charge on any atom is -0.350 e. The first kappa shape index (κ1) is 22.4. The van der Waals surface area contributed by atoms with Gasteiger partial charge in [-0.3, -0.25) is 9.69 Å². The van der Waals surface area contributed by atoms with Crippen LogP contribution < -0.4 is 10.0 Å². The van der Waals surface area contributed by atoms with Crippen LogP contribution in [0.3, 0.4) is 0 Å². The molecule has 0 radical (unpaired) electrons. The Hall–Kier alpha value is -1.92. The molecule has 0 aromatic heterocycles. The maximum absolute atomic E-state index is 12.5. The Morgan fingerprint density at radius 1 is 1.18 bits per heavy atom. The number of amides is 1. The molecular formula is C20H30N4O3S. The Morgan fingerprint density at radius 3 is 2.32 bits per heavy atom. The fraction of sp³-hybridized carbons (Fsp3) is 0.550. The third kappa shape index (κ3) is 6.04. The number of piperazine rings is 1. The van der Waals surface area contributed by atoms with Crippen molar-refractivity contribution >= 4 is 15.9 Å². The van der Waals surface area contributed by atoms with E-state index in [1.807, 2.05) is 0 Å². The zero-order chi connectivity index (χ0) is 20.7. The lowest BCUT2D eigenvalue weighted by Gasteiger charge is -2.39. The van der Waals surface area contributed by atoms with E-state index in [-0.39, 0.29) is 23.4 Å². The van der Waals surface area contributed by atoms with E-state index in [1.165, 1.54) is 24.3 Å². The Morgan fingerprint density at radius 2 is 1.79 bits per heavy atom. The van der Waals surface area contributed by atoms with Gasteiger partial charge < -0.3 is 10.2 Å². The molecule has 8 heteroatoms. The highest BCUT2D eigenvalue weighted by Gasteiger charge is 2.25. The quantitative estimate of drug-likeness (QED) is 0.618. The van der Waals surface area contributed by atoms with Gasteiger partial charge in [-0.25, -0.2) is 8.42 Å². The normalized spacial score (nSPS) is 17.2. The molecule has 1 amide bonds. The predicted octanol–water partition coefficient (Wildman–Crippen LogP) is 0.600. The van der Waals surface area contributed by atoms with Crippen LogP contribution in [-0.4, -0.2) is 76.5 Å². The van der Waals surface area contributed by atoms with E-state index < -0.39 is 10.0 Å². The van der Waals surface area contributed by atoms with Gasteiger partial charge in [0.25, 0.3) is 5.91 Å². The summed E-state index contributed by atoms with van der Waals surface area (Å²) in [5.41, 5.74) is 0.428. The first-order valence-electron chi connectivity index (χ1n) is 9.48. The van der Waals surface area contributed by atoms with Crippen LogP contribution in [0, 0.1) is 18.3 Å². The minimum atomic E-state index is -3.66. The number of nitrogens with one attached hydrogen (secondary N) is 2. The van der Waals surface area contributed by atoms with Crippen LogP contribution in [-0.2, 0) is 10.0 Å². The van der Waals surface area contributed by atoms with Crippen LogP contribution in [0.5, 0.6) is 0 Å². The zero-order valence-corrected chi connectivity index (χ0v) is 17.6. The Kier molecular flexibility index (Phi) is 8.01. The highest BCUT2D eigenvalue weighted by Crippen LogP contribution is 2.14. The fourth-order valence-electron chi connectivity index (χ4n) is 3.24. The van der Waals surface area contributed by atoms with E-state index in [0.717, 1.165) is 26.2 Å². The number of hydrogen-bond donors (Lipinski definition) is 2. The van der Waals surface area contributed by atoms with E-state index in [4.69, 9.17) is 6.42 Å². The molecule has 2 N–H and O–H groups in total. The van der Waals surface area contributed by atoms with Gasteiger partial charge in [0.15, 0.2) is 0 Å². The van der Waals surface area contributed by atoms with E-state index in [9.17, 15) is 13.2 Å². The molecule has 1 aromatic carbocycles. The first-order valence-corrected chi connectivity index (χ1v) is 11.0. The average molecular weight is 407 g/mol. The SMILES string of the molecule is C#CCNS(=O)(=O)c1ccc(C(=O)NCC(C(C)C)N2CCN(C)CC2)cc1. The molecule has 1 aromatic rings. The molecule has 0 bridgehead atoms. The Bertz CT molecular complexity index is 792. The van der Waals surface area contributed by atoms with Gasteiger partial charge in [-0.15, -0.1) is 6.42 Å². The molecule has 0 aliphatic carbocycles. The smallest absolute Gasteiger partial charge is 0.251 e. The molecule has 154 valence electrons. The van der Waals surface area contributed by atoms with Gasteiger partial charge >= 0.3 is 0 Å². The highest BCUT2D eigenvalue weighted by molar-refractivity contribution is 7.89. The average Bonchev–Trinajstić information content (AvgIpc) is 2.67. The molecule has 7 nitrogen and oxygen atoms in total. The number of benzene rings is 1. The molecule has 0 saturated carbocycles. The van der Waals surface area contributed by atoms with Crippen LogP contribution in [0.1, 0.15) is 24.2 Å². The Labute approximate surface area is 168 Å². The summed E-state index contributed by atoms with van der Waals surface area (Å²) >= 11 is 0. The number of carbonyl (C=O) groups is 1. The molecule has 1 saturated heterocycles. The predicted molar refractivity (Wildman–Crippen MR) is 110 cm³/mol. The molecule has 1 fully saturated rings. The van der Waals surface area contributed by atoms with Crippen LogP contribution in [0.15, 0.2) is 29.2 Å². The molecule has 2 rings (SSSR count). The van der Waals surface area contributed by atoms with E-state index in [0.29, 0.717) is 18.0 Å². The highest BCUT2D eigenvalue weighted by atomic mass is 32.2. The van der Waals surface area contributed by atoms with E-state index in [2.05, 4.69) is 46.7 Å². The van der Waals surface area contributed by atoms with Crippen molar-refractivity contribution < 1.29 is 13.2 Å². The van der Waals surface area contributed by atoms with Gasteiger partial charge in [0, 0.05) is 44.3 Å².